The van der Waals surface area contributed by atoms with Crippen molar-refractivity contribution >= 4 is 21.7 Å². The summed E-state index contributed by atoms with van der Waals surface area (Å²) in [5.74, 6) is -0.590. The van der Waals surface area contributed by atoms with E-state index in [0.717, 1.165) is 19.4 Å². The van der Waals surface area contributed by atoms with Gasteiger partial charge in [0.15, 0.2) is 16.4 Å². The predicted molar refractivity (Wildman–Crippen MR) is 101 cm³/mol. The van der Waals surface area contributed by atoms with Crippen LogP contribution < -0.4 is 10.1 Å². The normalized spacial score (nSPS) is 26.0. The smallest absolute Gasteiger partial charge is 0.338 e. The molecule has 3 rings (SSSR count). The molecule has 28 heavy (non-hydrogen) atoms. The Labute approximate surface area is 164 Å². The Balaban J connectivity index is 1.43. The first-order valence-corrected chi connectivity index (χ1v) is 11.1. The summed E-state index contributed by atoms with van der Waals surface area (Å²) in [5.41, 5.74) is -0.517. The molecule has 154 valence electrons. The predicted octanol–water partition coefficient (Wildman–Crippen LogP) is 1.09. The van der Waals surface area contributed by atoms with Crippen LogP contribution in [0.1, 0.15) is 36.5 Å². The standard InChI is InChI=1S/C19H25NO7S/c1-19(8-10-28(23,24)13-19)20-17(21)12-27-18(22)14-4-6-15(7-5-14)26-11-16-3-2-9-25-16/h4-7,16H,2-3,8-13H2,1H3,(H,20,21)/t16-,19+/m1/s1. The van der Waals surface area contributed by atoms with Crippen LogP contribution in [0.5, 0.6) is 5.75 Å². The molecule has 2 aliphatic rings. The van der Waals surface area contributed by atoms with Gasteiger partial charge in [-0.3, -0.25) is 4.79 Å². The first kappa shape index (κ1) is 20.6. The second-order valence-electron chi connectivity index (χ2n) is 7.50. The maximum Gasteiger partial charge on any atom is 0.338 e. The van der Waals surface area contributed by atoms with Crippen LogP contribution in [0.3, 0.4) is 0 Å². The number of carbonyl (C=O) groups excluding carboxylic acids is 2. The fourth-order valence-corrected chi connectivity index (χ4v) is 5.44. The number of hydrogen-bond acceptors (Lipinski definition) is 7. The average Bonchev–Trinajstić information content (AvgIpc) is 3.25. The second-order valence-corrected chi connectivity index (χ2v) is 9.68. The molecule has 2 atom stereocenters. The van der Waals surface area contributed by atoms with E-state index in [9.17, 15) is 18.0 Å². The van der Waals surface area contributed by atoms with Gasteiger partial charge in [-0.2, -0.15) is 0 Å². The molecule has 0 unspecified atom stereocenters. The fraction of sp³-hybridized carbons (Fsp3) is 0.579. The number of benzene rings is 1. The van der Waals surface area contributed by atoms with E-state index < -0.39 is 33.9 Å². The Bertz CT molecular complexity index is 815. The van der Waals surface area contributed by atoms with Crippen LogP contribution in [-0.4, -0.2) is 63.3 Å². The van der Waals surface area contributed by atoms with Crippen molar-refractivity contribution in [1.82, 2.24) is 5.32 Å². The highest BCUT2D eigenvalue weighted by molar-refractivity contribution is 7.91. The van der Waals surface area contributed by atoms with E-state index in [4.69, 9.17) is 14.2 Å². The molecule has 1 aromatic carbocycles. The van der Waals surface area contributed by atoms with E-state index in [2.05, 4.69) is 5.32 Å². The minimum absolute atomic E-state index is 0.0465. The van der Waals surface area contributed by atoms with Crippen LogP contribution in [0.25, 0.3) is 0 Å². The minimum Gasteiger partial charge on any atom is -0.491 e. The van der Waals surface area contributed by atoms with Crippen molar-refractivity contribution in [3.05, 3.63) is 29.8 Å². The lowest BCUT2D eigenvalue weighted by atomic mass is 10.0. The van der Waals surface area contributed by atoms with Crippen molar-refractivity contribution in [2.24, 2.45) is 0 Å². The summed E-state index contributed by atoms with van der Waals surface area (Å²) < 4.78 is 39.3. The van der Waals surface area contributed by atoms with E-state index in [0.29, 0.717) is 24.3 Å². The van der Waals surface area contributed by atoms with Crippen LogP contribution in [0.15, 0.2) is 24.3 Å². The van der Waals surface area contributed by atoms with E-state index in [1.165, 1.54) is 0 Å². The molecule has 0 radical (unpaired) electrons. The highest BCUT2D eigenvalue weighted by Gasteiger charge is 2.39. The van der Waals surface area contributed by atoms with Gasteiger partial charge in [-0.05, 0) is 50.5 Å². The number of carbonyl (C=O) groups is 2. The molecule has 1 aromatic rings. The summed E-state index contributed by atoms with van der Waals surface area (Å²) in [6.07, 6.45) is 2.49. The summed E-state index contributed by atoms with van der Waals surface area (Å²) in [7, 11) is -3.13. The monoisotopic (exact) mass is 411 g/mol. The van der Waals surface area contributed by atoms with Crippen LogP contribution in [0.4, 0.5) is 0 Å². The number of nitrogens with one attached hydrogen (secondary N) is 1. The average molecular weight is 411 g/mol. The number of sulfone groups is 1. The van der Waals surface area contributed by atoms with Crippen molar-refractivity contribution in [3.63, 3.8) is 0 Å². The molecular formula is C19H25NO7S. The van der Waals surface area contributed by atoms with Crippen molar-refractivity contribution < 1.29 is 32.2 Å². The van der Waals surface area contributed by atoms with Crippen LogP contribution in [0, 0.1) is 0 Å². The maximum atomic E-state index is 12.1. The maximum absolute atomic E-state index is 12.1. The summed E-state index contributed by atoms with van der Waals surface area (Å²) in [5, 5.41) is 2.64. The van der Waals surface area contributed by atoms with Gasteiger partial charge in [0, 0.05) is 6.61 Å². The molecule has 1 amide bonds. The molecule has 1 N–H and O–H groups in total. The van der Waals surface area contributed by atoms with Gasteiger partial charge < -0.3 is 19.5 Å². The quantitative estimate of drug-likeness (QED) is 0.669. The van der Waals surface area contributed by atoms with Gasteiger partial charge in [0.1, 0.15) is 12.4 Å². The molecule has 0 saturated carbocycles. The third-order valence-corrected chi connectivity index (χ3v) is 6.73. The van der Waals surface area contributed by atoms with Gasteiger partial charge in [-0.25, -0.2) is 13.2 Å². The van der Waals surface area contributed by atoms with Crippen LogP contribution in [0.2, 0.25) is 0 Å². The van der Waals surface area contributed by atoms with Gasteiger partial charge >= 0.3 is 5.97 Å². The molecule has 2 heterocycles. The first-order valence-electron chi connectivity index (χ1n) is 9.28. The Morgan fingerprint density at radius 3 is 2.64 bits per heavy atom. The molecule has 2 fully saturated rings. The van der Waals surface area contributed by atoms with Crippen molar-refractivity contribution in [3.8, 4) is 5.75 Å². The molecule has 0 aromatic heterocycles. The summed E-state index contributed by atoms with van der Waals surface area (Å²) in [6.45, 7) is 2.44. The Hall–Kier alpha value is -2.13. The topological polar surface area (TPSA) is 108 Å². The Kier molecular flexibility index (Phi) is 6.24. The molecular weight excluding hydrogens is 386 g/mol. The van der Waals surface area contributed by atoms with Crippen molar-refractivity contribution in [2.45, 2.75) is 37.8 Å². The lowest BCUT2D eigenvalue weighted by molar-refractivity contribution is -0.125. The zero-order chi connectivity index (χ0) is 20.2. The largest absolute Gasteiger partial charge is 0.491 e. The molecule has 8 nitrogen and oxygen atoms in total. The number of amides is 1. The van der Waals surface area contributed by atoms with Gasteiger partial charge in [0.05, 0.1) is 28.7 Å². The highest BCUT2D eigenvalue weighted by Crippen LogP contribution is 2.22. The number of rotatable bonds is 7. The molecule has 2 saturated heterocycles. The van der Waals surface area contributed by atoms with Gasteiger partial charge in [-0.15, -0.1) is 0 Å². The highest BCUT2D eigenvalue weighted by atomic mass is 32.2. The van der Waals surface area contributed by atoms with Gasteiger partial charge in [0.25, 0.3) is 5.91 Å². The number of hydrogen-bond donors (Lipinski definition) is 1. The molecule has 2 aliphatic heterocycles. The van der Waals surface area contributed by atoms with Crippen LogP contribution in [-0.2, 0) is 24.1 Å². The fourth-order valence-electron chi connectivity index (χ4n) is 3.35. The molecule has 0 spiro atoms. The van der Waals surface area contributed by atoms with Crippen LogP contribution >= 0.6 is 0 Å². The zero-order valence-electron chi connectivity index (χ0n) is 15.8. The van der Waals surface area contributed by atoms with E-state index >= 15 is 0 Å². The third-order valence-electron chi connectivity index (χ3n) is 4.83. The summed E-state index contributed by atoms with van der Waals surface area (Å²) in [6, 6.07) is 6.46. The number of ether oxygens (including phenoxy) is 3. The lowest BCUT2D eigenvalue weighted by Crippen LogP contribution is -2.48. The lowest BCUT2D eigenvalue weighted by Gasteiger charge is -2.23. The molecule has 0 bridgehead atoms. The van der Waals surface area contributed by atoms with Gasteiger partial charge in [-0.1, -0.05) is 0 Å². The van der Waals surface area contributed by atoms with Crippen molar-refractivity contribution in [1.29, 1.82) is 0 Å². The van der Waals surface area contributed by atoms with E-state index in [-0.39, 0.29) is 17.6 Å². The summed E-state index contributed by atoms with van der Waals surface area (Å²) >= 11 is 0. The Morgan fingerprint density at radius 1 is 1.29 bits per heavy atom. The molecule has 0 aliphatic carbocycles. The summed E-state index contributed by atoms with van der Waals surface area (Å²) in [4.78, 5) is 24.1. The third kappa shape index (κ3) is 5.68. The van der Waals surface area contributed by atoms with E-state index in [1.54, 1.807) is 31.2 Å². The van der Waals surface area contributed by atoms with Gasteiger partial charge in [0.2, 0.25) is 0 Å². The minimum atomic E-state index is -3.13. The number of esters is 1. The van der Waals surface area contributed by atoms with E-state index in [1.807, 2.05) is 0 Å². The SMILES string of the molecule is C[C@]1(NC(=O)COC(=O)c2ccc(OC[C@H]3CCCO3)cc2)CCS(=O)(=O)C1. The second kappa shape index (κ2) is 8.48. The first-order chi connectivity index (χ1) is 13.2. The zero-order valence-corrected chi connectivity index (χ0v) is 16.6. The molecule has 9 heteroatoms. The van der Waals surface area contributed by atoms with Crippen molar-refractivity contribution in [2.75, 3.05) is 31.3 Å². The Morgan fingerprint density at radius 2 is 2.04 bits per heavy atom.